The summed E-state index contributed by atoms with van der Waals surface area (Å²) in [6, 6.07) is 0. The van der Waals surface area contributed by atoms with Crippen LogP contribution in [0, 0.1) is 22.7 Å². The third-order valence-corrected chi connectivity index (χ3v) is 6.10. The zero-order valence-electron chi connectivity index (χ0n) is 11.8. The molecule has 0 bridgehead atoms. The topological polar surface area (TPSA) is 9.23 Å². The smallest absolute Gasteiger partial charge is 0.0688 e. The third-order valence-electron chi connectivity index (χ3n) is 6.10. The van der Waals surface area contributed by atoms with E-state index in [1.165, 1.54) is 25.7 Å². The van der Waals surface area contributed by atoms with Gasteiger partial charge in [-0.05, 0) is 55.3 Å². The lowest BCUT2D eigenvalue weighted by Gasteiger charge is -2.58. The van der Waals surface area contributed by atoms with Crippen molar-refractivity contribution >= 4 is 0 Å². The van der Waals surface area contributed by atoms with Crippen molar-refractivity contribution in [3.05, 3.63) is 12.2 Å². The second-order valence-electron chi connectivity index (χ2n) is 7.53. The molecule has 0 amide bonds. The van der Waals surface area contributed by atoms with Crippen LogP contribution in [0.4, 0.5) is 0 Å². The average Bonchev–Trinajstić information content (AvgIpc) is 2.60. The fourth-order valence-electron chi connectivity index (χ4n) is 5.33. The minimum atomic E-state index is 0.173. The van der Waals surface area contributed by atoms with Gasteiger partial charge in [-0.1, -0.05) is 32.9 Å². The van der Waals surface area contributed by atoms with Gasteiger partial charge in [-0.3, -0.25) is 0 Å². The first-order chi connectivity index (χ1) is 7.89. The molecule has 1 aliphatic heterocycles. The van der Waals surface area contributed by atoms with Crippen molar-refractivity contribution in [2.75, 3.05) is 6.61 Å². The lowest BCUT2D eigenvalue weighted by molar-refractivity contribution is -0.123. The lowest BCUT2D eigenvalue weighted by Crippen LogP contribution is -2.54. The molecule has 1 unspecified atom stereocenters. The predicted molar refractivity (Wildman–Crippen MR) is 70.8 cm³/mol. The maximum absolute atomic E-state index is 6.10. The first-order valence-electron chi connectivity index (χ1n) is 7.20. The molecule has 0 aromatic heterocycles. The van der Waals surface area contributed by atoms with Crippen LogP contribution in [-0.2, 0) is 4.74 Å². The zero-order valence-corrected chi connectivity index (χ0v) is 11.8. The van der Waals surface area contributed by atoms with E-state index in [1.807, 2.05) is 0 Å². The number of ether oxygens (including phenoxy) is 1. The summed E-state index contributed by atoms with van der Waals surface area (Å²) >= 11 is 0. The van der Waals surface area contributed by atoms with Gasteiger partial charge in [0.15, 0.2) is 0 Å². The Kier molecular flexibility index (Phi) is 2.34. The van der Waals surface area contributed by atoms with Crippen LogP contribution in [-0.4, -0.2) is 12.2 Å². The molecule has 3 aliphatic rings. The van der Waals surface area contributed by atoms with Gasteiger partial charge in [-0.2, -0.15) is 0 Å². The maximum Gasteiger partial charge on any atom is 0.0688 e. The maximum atomic E-state index is 6.10. The van der Waals surface area contributed by atoms with Gasteiger partial charge in [-0.25, -0.2) is 0 Å². The minimum Gasteiger partial charge on any atom is -0.375 e. The van der Waals surface area contributed by atoms with E-state index in [0.717, 1.165) is 18.4 Å². The Morgan fingerprint density at radius 1 is 1.06 bits per heavy atom. The van der Waals surface area contributed by atoms with Crippen molar-refractivity contribution in [2.45, 2.75) is 59.0 Å². The number of fused-ring (bicyclic) bond motifs is 3. The highest BCUT2D eigenvalue weighted by Gasteiger charge is 2.59. The molecular formula is C16H26O. The molecule has 1 heteroatoms. The van der Waals surface area contributed by atoms with Crippen LogP contribution in [0.2, 0.25) is 0 Å². The predicted octanol–water partition coefficient (Wildman–Crippen LogP) is 4.18. The summed E-state index contributed by atoms with van der Waals surface area (Å²) in [7, 11) is 0. The Hall–Kier alpha value is -0.300. The fourth-order valence-corrected chi connectivity index (χ4v) is 5.33. The SMILES string of the molecule is CC1(C)C=CC[C@@]2(C)C1CC[C@@]1(C)OCC[C@@H]12. The van der Waals surface area contributed by atoms with Crippen LogP contribution in [0.25, 0.3) is 0 Å². The van der Waals surface area contributed by atoms with Crippen LogP contribution >= 0.6 is 0 Å². The Morgan fingerprint density at radius 3 is 2.59 bits per heavy atom. The molecule has 2 fully saturated rings. The van der Waals surface area contributed by atoms with Gasteiger partial charge in [0.05, 0.1) is 5.60 Å². The molecule has 0 radical (unpaired) electrons. The molecule has 3 rings (SSSR count). The summed E-state index contributed by atoms with van der Waals surface area (Å²) < 4.78 is 6.10. The largest absolute Gasteiger partial charge is 0.375 e. The van der Waals surface area contributed by atoms with E-state index >= 15 is 0 Å². The minimum absolute atomic E-state index is 0.173. The Labute approximate surface area is 106 Å². The van der Waals surface area contributed by atoms with Gasteiger partial charge < -0.3 is 4.74 Å². The van der Waals surface area contributed by atoms with E-state index < -0.39 is 0 Å². The standard InChI is InChI=1S/C16H26O/c1-14(2)8-5-9-15(3)12(14)6-10-16(4)13(15)7-11-17-16/h5,8,12-13H,6-7,9-11H2,1-4H3/t12?,13-,15+,16-/m1/s1. The van der Waals surface area contributed by atoms with Gasteiger partial charge in [0, 0.05) is 6.61 Å². The molecule has 1 heterocycles. The van der Waals surface area contributed by atoms with E-state index in [0.29, 0.717) is 10.8 Å². The fraction of sp³-hybridized carbons (Fsp3) is 0.875. The van der Waals surface area contributed by atoms with E-state index in [2.05, 4.69) is 39.8 Å². The van der Waals surface area contributed by atoms with Gasteiger partial charge in [0.1, 0.15) is 0 Å². The van der Waals surface area contributed by atoms with Crippen LogP contribution in [0.15, 0.2) is 12.2 Å². The summed E-state index contributed by atoms with van der Waals surface area (Å²) in [4.78, 5) is 0. The molecule has 1 saturated heterocycles. The highest BCUT2D eigenvalue weighted by atomic mass is 16.5. The van der Waals surface area contributed by atoms with Gasteiger partial charge in [0.2, 0.25) is 0 Å². The highest BCUT2D eigenvalue weighted by molar-refractivity contribution is 5.17. The molecule has 4 atom stereocenters. The molecule has 0 aromatic carbocycles. The van der Waals surface area contributed by atoms with Gasteiger partial charge in [-0.15, -0.1) is 0 Å². The molecule has 2 aliphatic carbocycles. The summed E-state index contributed by atoms with van der Waals surface area (Å²) in [5.41, 5.74) is 1.01. The Balaban J connectivity index is 2.02. The summed E-state index contributed by atoms with van der Waals surface area (Å²) in [6.45, 7) is 10.7. The third kappa shape index (κ3) is 1.47. The molecule has 0 N–H and O–H groups in total. The molecule has 96 valence electrons. The van der Waals surface area contributed by atoms with E-state index in [1.54, 1.807) is 0 Å². The van der Waals surface area contributed by atoms with Crippen LogP contribution in [0.3, 0.4) is 0 Å². The summed E-state index contributed by atoms with van der Waals surface area (Å²) in [6.07, 6.45) is 10.0. The zero-order chi connectivity index (χ0) is 12.3. The number of hydrogen-bond acceptors (Lipinski definition) is 1. The van der Waals surface area contributed by atoms with Gasteiger partial charge in [0.25, 0.3) is 0 Å². The molecular weight excluding hydrogens is 208 g/mol. The Morgan fingerprint density at radius 2 is 1.82 bits per heavy atom. The first-order valence-corrected chi connectivity index (χ1v) is 7.20. The Bertz CT molecular complexity index is 357. The number of allylic oxidation sites excluding steroid dienone is 2. The molecule has 1 nitrogen and oxygen atoms in total. The second-order valence-corrected chi connectivity index (χ2v) is 7.53. The van der Waals surface area contributed by atoms with Crippen LogP contribution in [0.1, 0.15) is 53.4 Å². The van der Waals surface area contributed by atoms with Crippen molar-refractivity contribution in [3.8, 4) is 0 Å². The number of hydrogen-bond donors (Lipinski definition) is 0. The van der Waals surface area contributed by atoms with E-state index in [-0.39, 0.29) is 5.60 Å². The van der Waals surface area contributed by atoms with E-state index in [9.17, 15) is 0 Å². The summed E-state index contributed by atoms with van der Waals surface area (Å²) in [5.74, 6) is 1.60. The second kappa shape index (κ2) is 3.38. The molecule has 1 saturated carbocycles. The van der Waals surface area contributed by atoms with Crippen molar-refractivity contribution in [2.24, 2.45) is 22.7 Å². The molecule has 0 spiro atoms. The van der Waals surface area contributed by atoms with Crippen molar-refractivity contribution < 1.29 is 4.74 Å². The highest BCUT2D eigenvalue weighted by Crippen LogP contribution is 2.63. The number of rotatable bonds is 0. The summed E-state index contributed by atoms with van der Waals surface area (Å²) in [5, 5.41) is 0. The van der Waals surface area contributed by atoms with E-state index in [4.69, 9.17) is 4.74 Å². The lowest BCUT2D eigenvalue weighted by atomic mass is 9.47. The van der Waals surface area contributed by atoms with Gasteiger partial charge >= 0.3 is 0 Å². The molecule has 17 heavy (non-hydrogen) atoms. The van der Waals surface area contributed by atoms with Crippen LogP contribution < -0.4 is 0 Å². The van der Waals surface area contributed by atoms with Crippen molar-refractivity contribution in [3.63, 3.8) is 0 Å². The molecule has 0 aromatic rings. The van der Waals surface area contributed by atoms with Crippen LogP contribution in [0.5, 0.6) is 0 Å². The van der Waals surface area contributed by atoms with Crippen molar-refractivity contribution in [1.82, 2.24) is 0 Å². The van der Waals surface area contributed by atoms with Crippen molar-refractivity contribution in [1.29, 1.82) is 0 Å². The quantitative estimate of drug-likeness (QED) is 0.571. The average molecular weight is 234 g/mol. The first kappa shape index (κ1) is 11.8. The monoisotopic (exact) mass is 234 g/mol. The normalized spacial score (nSPS) is 52.0.